The lowest BCUT2D eigenvalue weighted by molar-refractivity contribution is 0.0735. The molecular weight excluding hydrogens is 405 g/mol. The number of hydrogen-bond acceptors (Lipinski definition) is 4. The van der Waals surface area contributed by atoms with Crippen LogP contribution in [0, 0.1) is 5.82 Å². The number of likely N-dealkylation sites (tertiary alicyclic amines) is 1. The molecule has 2 saturated heterocycles. The van der Waals surface area contributed by atoms with Gasteiger partial charge in [-0.3, -0.25) is 4.79 Å². The highest BCUT2D eigenvalue weighted by Crippen LogP contribution is 2.33. The van der Waals surface area contributed by atoms with Crippen LogP contribution in [0.25, 0.3) is 0 Å². The Labute approximate surface area is 176 Å². The highest BCUT2D eigenvalue weighted by Gasteiger charge is 2.32. The summed E-state index contributed by atoms with van der Waals surface area (Å²) < 4.78 is 40.9. The molecule has 4 rings (SSSR count). The van der Waals surface area contributed by atoms with Gasteiger partial charge in [-0.05, 0) is 55.8 Å². The Bertz CT molecular complexity index is 1020. The third-order valence-electron chi connectivity index (χ3n) is 5.95. The molecule has 0 bridgehead atoms. The van der Waals surface area contributed by atoms with Gasteiger partial charge >= 0.3 is 0 Å². The fourth-order valence-electron chi connectivity index (χ4n) is 4.17. The Kier molecular flexibility index (Phi) is 5.90. The fraction of sp³-hybridized carbons (Fsp3) is 0.409. The molecule has 0 spiro atoms. The van der Waals surface area contributed by atoms with Crippen molar-refractivity contribution in [3.05, 3.63) is 65.5 Å². The summed E-state index contributed by atoms with van der Waals surface area (Å²) >= 11 is 0. The van der Waals surface area contributed by atoms with Gasteiger partial charge in [0.2, 0.25) is 10.0 Å². The average molecular weight is 432 g/mol. The second-order valence-corrected chi connectivity index (χ2v) is 9.88. The van der Waals surface area contributed by atoms with Crippen LogP contribution in [0.2, 0.25) is 0 Å². The van der Waals surface area contributed by atoms with Crippen LogP contribution in [-0.4, -0.2) is 68.2 Å². The van der Waals surface area contributed by atoms with Crippen molar-refractivity contribution in [3.8, 4) is 0 Å². The van der Waals surface area contributed by atoms with Gasteiger partial charge in [0.1, 0.15) is 5.82 Å². The van der Waals surface area contributed by atoms with Crippen molar-refractivity contribution in [1.29, 1.82) is 0 Å². The molecule has 2 heterocycles. The molecule has 2 fully saturated rings. The first-order valence-corrected chi connectivity index (χ1v) is 11.7. The molecule has 0 aromatic heterocycles. The quantitative estimate of drug-likeness (QED) is 0.747. The van der Waals surface area contributed by atoms with Crippen LogP contribution in [0.3, 0.4) is 0 Å². The second-order valence-electron chi connectivity index (χ2n) is 7.94. The van der Waals surface area contributed by atoms with Crippen molar-refractivity contribution >= 4 is 15.9 Å². The van der Waals surface area contributed by atoms with Crippen LogP contribution >= 0.6 is 0 Å². The van der Waals surface area contributed by atoms with Gasteiger partial charge in [-0.15, -0.1) is 0 Å². The number of carbonyl (C=O) groups is 1. The molecule has 2 aromatic carbocycles. The Balaban J connectivity index is 1.57. The molecule has 0 aliphatic carbocycles. The number of piperazine rings is 1. The van der Waals surface area contributed by atoms with E-state index in [2.05, 4.69) is 4.90 Å². The molecule has 0 N–H and O–H groups in total. The first-order valence-electron chi connectivity index (χ1n) is 10.2. The molecule has 2 aromatic rings. The highest BCUT2D eigenvalue weighted by atomic mass is 32.2. The number of carbonyl (C=O) groups excluding carboxylic acids is 1. The van der Waals surface area contributed by atoms with Gasteiger partial charge in [-0.2, -0.15) is 4.31 Å². The van der Waals surface area contributed by atoms with E-state index < -0.39 is 10.0 Å². The molecule has 8 heteroatoms. The van der Waals surface area contributed by atoms with Crippen molar-refractivity contribution in [1.82, 2.24) is 14.1 Å². The zero-order chi connectivity index (χ0) is 21.3. The summed E-state index contributed by atoms with van der Waals surface area (Å²) in [5, 5.41) is 0. The number of hydrogen-bond donors (Lipinski definition) is 0. The molecule has 0 saturated carbocycles. The minimum absolute atomic E-state index is 0.129. The van der Waals surface area contributed by atoms with E-state index in [4.69, 9.17) is 0 Å². The molecule has 6 nitrogen and oxygen atoms in total. The maximum atomic E-state index is 13.3. The molecule has 2 aliphatic rings. The van der Waals surface area contributed by atoms with Crippen LogP contribution < -0.4 is 0 Å². The maximum Gasteiger partial charge on any atom is 0.254 e. The van der Waals surface area contributed by atoms with E-state index in [0.717, 1.165) is 18.4 Å². The number of halogens is 1. The van der Waals surface area contributed by atoms with Crippen LogP contribution in [-0.2, 0) is 10.0 Å². The van der Waals surface area contributed by atoms with E-state index in [1.807, 2.05) is 7.05 Å². The van der Waals surface area contributed by atoms with Crippen LogP contribution in [0.15, 0.2) is 53.4 Å². The predicted molar refractivity (Wildman–Crippen MR) is 112 cm³/mol. The normalized spacial score (nSPS) is 21.1. The first-order chi connectivity index (χ1) is 14.4. The third-order valence-corrected chi connectivity index (χ3v) is 7.84. The summed E-state index contributed by atoms with van der Waals surface area (Å²) in [7, 11) is -1.67. The SMILES string of the molecule is CN1CCN(S(=O)(=O)c2cccc(C(=O)N3CCCC3c3ccc(F)cc3)c2)CC1. The number of sulfonamides is 1. The minimum atomic E-state index is -3.64. The van der Waals surface area contributed by atoms with Gasteiger partial charge in [0, 0.05) is 38.3 Å². The first kappa shape index (κ1) is 21.0. The maximum absolute atomic E-state index is 13.3. The summed E-state index contributed by atoms with van der Waals surface area (Å²) in [6.45, 7) is 2.85. The van der Waals surface area contributed by atoms with Crippen LogP contribution in [0.4, 0.5) is 4.39 Å². The van der Waals surface area contributed by atoms with E-state index in [1.54, 1.807) is 35.2 Å². The van der Waals surface area contributed by atoms with Crippen molar-refractivity contribution in [3.63, 3.8) is 0 Å². The Morgan fingerprint density at radius 3 is 2.40 bits per heavy atom. The number of amides is 1. The van der Waals surface area contributed by atoms with Crippen molar-refractivity contribution in [2.75, 3.05) is 39.8 Å². The predicted octanol–water partition coefficient (Wildman–Crippen LogP) is 2.74. The smallest absolute Gasteiger partial charge is 0.254 e. The molecular formula is C22H26FN3O3S. The van der Waals surface area contributed by atoms with Crippen LogP contribution in [0.1, 0.15) is 34.8 Å². The van der Waals surface area contributed by atoms with Crippen molar-refractivity contribution in [2.24, 2.45) is 0 Å². The zero-order valence-electron chi connectivity index (χ0n) is 17.0. The van der Waals surface area contributed by atoms with E-state index in [1.165, 1.54) is 22.5 Å². The number of rotatable bonds is 4. The largest absolute Gasteiger partial charge is 0.332 e. The number of nitrogens with zero attached hydrogens (tertiary/aromatic N) is 3. The topological polar surface area (TPSA) is 60.9 Å². The van der Waals surface area contributed by atoms with E-state index in [9.17, 15) is 17.6 Å². The Morgan fingerprint density at radius 1 is 1.00 bits per heavy atom. The summed E-state index contributed by atoms with van der Waals surface area (Å²) in [6, 6.07) is 12.4. The molecule has 160 valence electrons. The zero-order valence-corrected chi connectivity index (χ0v) is 17.8. The lowest BCUT2D eigenvalue weighted by Gasteiger charge is -2.31. The molecule has 30 heavy (non-hydrogen) atoms. The van der Waals surface area contributed by atoms with Gasteiger partial charge in [-0.25, -0.2) is 12.8 Å². The molecule has 1 unspecified atom stereocenters. The van der Waals surface area contributed by atoms with E-state index in [-0.39, 0.29) is 22.7 Å². The van der Waals surface area contributed by atoms with E-state index >= 15 is 0 Å². The Hall–Kier alpha value is -2.29. The monoisotopic (exact) mass is 431 g/mol. The minimum Gasteiger partial charge on any atom is -0.332 e. The van der Waals surface area contributed by atoms with Crippen LogP contribution in [0.5, 0.6) is 0 Å². The van der Waals surface area contributed by atoms with Crippen molar-refractivity contribution in [2.45, 2.75) is 23.8 Å². The van der Waals surface area contributed by atoms with Gasteiger partial charge in [0.25, 0.3) is 5.91 Å². The lowest BCUT2D eigenvalue weighted by atomic mass is 10.0. The van der Waals surface area contributed by atoms with Crippen molar-refractivity contribution < 1.29 is 17.6 Å². The van der Waals surface area contributed by atoms with E-state index in [0.29, 0.717) is 38.3 Å². The summed E-state index contributed by atoms with van der Waals surface area (Å²) in [4.78, 5) is 17.2. The number of benzene rings is 2. The second kappa shape index (κ2) is 8.45. The third kappa shape index (κ3) is 4.12. The standard InChI is InChI=1S/C22H26FN3O3S/c1-24-12-14-25(15-13-24)30(28,29)20-5-2-4-18(16-20)22(27)26-11-3-6-21(26)17-7-9-19(23)10-8-17/h2,4-5,7-10,16,21H,3,6,11-15H2,1H3. The fourth-order valence-corrected chi connectivity index (χ4v) is 5.64. The van der Waals surface area contributed by atoms with Gasteiger partial charge in [-0.1, -0.05) is 18.2 Å². The Morgan fingerprint density at radius 2 is 1.70 bits per heavy atom. The van der Waals surface area contributed by atoms with Gasteiger partial charge in [0.05, 0.1) is 10.9 Å². The summed E-state index contributed by atoms with van der Waals surface area (Å²) in [6.07, 6.45) is 1.66. The molecule has 2 aliphatic heterocycles. The molecule has 1 amide bonds. The van der Waals surface area contributed by atoms with Gasteiger partial charge in [0.15, 0.2) is 0 Å². The summed E-state index contributed by atoms with van der Waals surface area (Å²) in [5.74, 6) is -0.506. The molecule has 1 atom stereocenters. The highest BCUT2D eigenvalue weighted by molar-refractivity contribution is 7.89. The number of likely N-dealkylation sites (N-methyl/N-ethyl adjacent to an activating group) is 1. The van der Waals surface area contributed by atoms with Gasteiger partial charge < -0.3 is 9.80 Å². The lowest BCUT2D eigenvalue weighted by Crippen LogP contribution is -2.47. The summed E-state index contributed by atoms with van der Waals surface area (Å²) in [5.41, 5.74) is 1.25. The molecule has 0 radical (unpaired) electrons. The average Bonchev–Trinajstić information content (AvgIpc) is 3.24.